The average molecular weight is 407 g/mol. The van der Waals surface area contributed by atoms with Crippen molar-refractivity contribution in [1.82, 2.24) is 4.98 Å². The summed E-state index contributed by atoms with van der Waals surface area (Å²) in [5, 5.41) is 0. The molecule has 3 nitrogen and oxygen atoms in total. The van der Waals surface area contributed by atoms with E-state index >= 15 is 0 Å². The maximum Gasteiger partial charge on any atom is 0.209 e. The molecule has 0 saturated carbocycles. The van der Waals surface area contributed by atoms with Crippen LogP contribution in [0, 0.1) is 6.92 Å². The Morgan fingerprint density at radius 3 is 2.48 bits per heavy atom. The van der Waals surface area contributed by atoms with E-state index in [0.717, 1.165) is 32.2 Å². The first kappa shape index (κ1) is 13.3. The van der Waals surface area contributed by atoms with Gasteiger partial charge in [0.15, 0.2) is 5.78 Å². The lowest BCUT2D eigenvalue weighted by Gasteiger charge is -2.16. The van der Waals surface area contributed by atoms with E-state index in [2.05, 4.69) is 36.8 Å². The first-order valence-electron chi connectivity index (χ1n) is 6.56. The number of fused-ring (bicyclic) bond motifs is 3. The number of halogens is 2. The summed E-state index contributed by atoms with van der Waals surface area (Å²) in [6.07, 6.45) is 1.27. The van der Waals surface area contributed by atoms with Crippen molar-refractivity contribution >= 4 is 43.4 Å². The molecule has 0 saturated heterocycles. The summed E-state index contributed by atoms with van der Waals surface area (Å²) in [6.45, 7) is 1.82. The summed E-state index contributed by atoms with van der Waals surface area (Å²) in [5.41, 5.74) is 4.57. The number of rotatable bonds is 0. The fourth-order valence-corrected chi connectivity index (χ4v) is 4.87. The van der Waals surface area contributed by atoms with E-state index in [1.807, 2.05) is 6.92 Å². The Bertz CT molecular complexity index is 859. The second kappa shape index (κ2) is 4.34. The van der Waals surface area contributed by atoms with Crippen molar-refractivity contribution in [2.45, 2.75) is 19.8 Å². The molecule has 5 heteroatoms. The molecule has 0 unspecified atom stereocenters. The lowest BCUT2D eigenvalue weighted by molar-refractivity contribution is 0.0973. The topological polar surface area (TPSA) is 47.0 Å². The quantitative estimate of drug-likeness (QED) is 0.649. The molecule has 0 radical (unpaired) electrons. The highest BCUT2D eigenvalue weighted by molar-refractivity contribution is 9.12. The third-order valence-corrected chi connectivity index (χ3v) is 5.55. The van der Waals surface area contributed by atoms with Crippen LogP contribution in [0.1, 0.15) is 39.4 Å². The molecule has 0 aliphatic heterocycles. The number of ketones is 2. The van der Waals surface area contributed by atoms with Crippen LogP contribution in [0.15, 0.2) is 43.4 Å². The lowest BCUT2D eigenvalue weighted by Crippen LogP contribution is -2.22. The Balaban J connectivity index is 1.99. The molecule has 1 aromatic heterocycles. The number of pyridine rings is 1. The zero-order valence-corrected chi connectivity index (χ0v) is 14.3. The molecule has 0 amide bonds. The van der Waals surface area contributed by atoms with Gasteiger partial charge >= 0.3 is 0 Å². The highest BCUT2D eigenvalue weighted by atomic mass is 79.9. The average Bonchev–Trinajstić information content (AvgIpc) is 2.96. The minimum Gasteiger partial charge on any atom is -0.288 e. The number of hydrogen-bond acceptors (Lipinski definition) is 3. The number of Topliss-reactive ketones (excluding diaryl/α,β-unsaturated/α-hetero) is 2. The van der Waals surface area contributed by atoms with Crippen molar-refractivity contribution in [2.75, 3.05) is 0 Å². The van der Waals surface area contributed by atoms with Crippen LogP contribution < -0.4 is 0 Å². The Morgan fingerprint density at radius 2 is 1.71 bits per heavy atom. The molecular formula is C16H9Br2NO2. The SMILES string of the molecule is Cc1ccc2c(n1)C(=O)C1=C(C2=O)C2=C(Br)CC(Br)=C2C1. The zero-order chi connectivity index (χ0) is 14.9. The number of allylic oxidation sites excluding steroid dienone is 6. The highest BCUT2D eigenvalue weighted by Gasteiger charge is 2.43. The van der Waals surface area contributed by atoms with Crippen molar-refractivity contribution in [3.8, 4) is 0 Å². The number of carbonyl (C=O) groups excluding carboxylic acids is 2. The van der Waals surface area contributed by atoms with Crippen LogP contribution in [0.25, 0.3) is 0 Å². The fraction of sp³-hybridized carbons (Fsp3) is 0.188. The number of carbonyl (C=O) groups is 2. The van der Waals surface area contributed by atoms with E-state index in [-0.39, 0.29) is 11.6 Å². The molecule has 0 fully saturated rings. The summed E-state index contributed by atoms with van der Waals surface area (Å²) in [6, 6.07) is 3.48. The third-order valence-electron chi connectivity index (χ3n) is 4.11. The second-order valence-corrected chi connectivity index (χ2v) is 7.29. The molecule has 1 heterocycles. The zero-order valence-electron chi connectivity index (χ0n) is 11.1. The summed E-state index contributed by atoms with van der Waals surface area (Å²) in [5.74, 6) is -0.199. The highest BCUT2D eigenvalue weighted by Crippen LogP contribution is 2.52. The van der Waals surface area contributed by atoms with Gasteiger partial charge in [0, 0.05) is 44.2 Å². The van der Waals surface area contributed by atoms with Gasteiger partial charge in [0.2, 0.25) is 5.78 Å². The predicted octanol–water partition coefficient (Wildman–Crippen LogP) is 4.17. The van der Waals surface area contributed by atoms with Gasteiger partial charge in [0.25, 0.3) is 0 Å². The van der Waals surface area contributed by atoms with Gasteiger partial charge in [-0.2, -0.15) is 0 Å². The minimum atomic E-state index is -0.113. The molecule has 104 valence electrons. The van der Waals surface area contributed by atoms with Gasteiger partial charge in [-0.15, -0.1) is 0 Å². The Labute approximate surface area is 138 Å². The molecule has 21 heavy (non-hydrogen) atoms. The van der Waals surface area contributed by atoms with Crippen LogP contribution in [0.4, 0.5) is 0 Å². The minimum absolute atomic E-state index is 0.0868. The lowest BCUT2D eigenvalue weighted by atomic mass is 9.87. The molecule has 3 aliphatic carbocycles. The number of hydrogen-bond donors (Lipinski definition) is 0. The van der Waals surface area contributed by atoms with Crippen LogP contribution in [-0.2, 0) is 0 Å². The second-order valence-electron chi connectivity index (χ2n) is 5.38. The van der Waals surface area contributed by atoms with Gasteiger partial charge in [0.05, 0.1) is 5.56 Å². The molecule has 0 spiro atoms. The first-order valence-corrected chi connectivity index (χ1v) is 8.14. The largest absolute Gasteiger partial charge is 0.288 e. The van der Waals surface area contributed by atoms with Gasteiger partial charge in [0.1, 0.15) is 5.69 Å². The maximum absolute atomic E-state index is 12.8. The van der Waals surface area contributed by atoms with E-state index in [1.165, 1.54) is 0 Å². The molecule has 1 aromatic rings. The van der Waals surface area contributed by atoms with Crippen molar-refractivity contribution in [3.05, 3.63) is 60.3 Å². The van der Waals surface area contributed by atoms with E-state index in [0.29, 0.717) is 28.8 Å². The van der Waals surface area contributed by atoms with Crippen LogP contribution in [-0.4, -0.2) is 16.6 Å². The van der Waals surface area contributed by atoms with Crippen LogP contribution in [0.5, 0.6) is 0 Å². The van der Waals surface area contributed by atoms with Gasteiger partial charge in [-0.1, -0.05) is 31.9 Å². The summed E-state index contributed by atoms with van der Waals surface area (Å²) < 4.78 is 2.02. The number of aromatic nitrogens is 1. The molecule has 0 bridgehead atoms. The molecular weight excluding hydrogens is 398 g/mol. The van der Waals surface area contributed by atoms with E-state index in [1.54, 1.807) is 12.1 Å². The third kappa shape index (κ3) is 1.67. The van der Waals surface area contributed by atoms with Crippen molar-refractivity contribution in [1.29, 1.82) is 0 Å². The Morgan fingerprint density at radius 1 is 0.952 bits per heavy atom. The van der Waals surface area contributed by atoms with Crippen LogP contribution >= 0.6 is 31.9 Å². The van der Waals surface area contributed by atoms with Crippen LogP contribution in [0.3, 0.4) is 0 Å². The standard InChI is InChI=1S/C16H9Br2NO2/c1-6-2-3-7-14(19-6)16(21)9-4-8-10(17)5-11(18)12(8)13(9)15(7)20/h2-3H,4-5H2,1H3. The van der Waals surface area contributed by atoms with Gasteiger partial charge < -0.3 is 0 Å². The number of nitrogens with zero attached hydrogens (tertiary/aromatic N) is 1. The van der Waals surface area contributed by atoms with Gasteiger partial charge in [-0.3, -0.25) is 9.59 Å². The van der Waals surface area contributed by atoms with Crippen molar-refractivity contribution < 1.29 is 9.59 Å². The molecule has 0 aromatic carbocycles. The van der Waals surface area contributed by atoms with Gasteiger partial charge in [-0.25, -0.2) is 4.98 Å². The fourth-order valence-electron chi connectivity index (χ4n) is 3.15. The van der Waals surface area contributed by atoms with Gasteiger partial charge in [-0.05, 0) is 24.6 Å². The molecule has 0 atom stereocenters. The Kier molecular flexibility index (Phi) is 2.75. The summed E-state index contributed by atoms with van der Waals surface area (Å²) in [7, 11) is 0. The van der Waals surface area contributed by atoms with E-state index in [4.69, 9.17) is 0 Å². The van der Waals surface area contributed by atoms with Crippen LogP contribution in [0.2, 0.25) is 0 Å². The monoisotopic (exact) mass is 405 g/mol. The van der Waals surface area contributed by atoms with Crippen molar-refractivity contribution in [2.24, 2.45) is 0 Å². The molecule has 3 aliphatic rings. The first-order chi connectivity index (χ1) is 9.99. The summed E-state index contributed by atoms with van der Waals surface area (Å²) >= 11 is 7.09. The normalized spacial score (nSPS) is 20.3. The van der Waals surface area contributed by atoms with Crippen molar-refractivity contribution in [3.63, 3.8) is 0 Å². The number of aryl methyl sites for hydroxylation is 1. The van der Waals surface area contributed by atoms with E-state index < -0.39 is 0 Å². The smallest absolute Gasteiger partial charge is 0.209 e. The Hall–Kier alpha value is -1.33. The maximum atomic E-state index is 12.8. The molecule has 0 N–H and O–H groups in total. The molecule has 4 rings (SSSR count). The predicted molar refractivity (Wildman–Crippen MR) is 85.8 cm³/mol. The van der Waals surface area contributed by atoms with E-state index in [9.17, 15) is 9.59 Å². The summed E-state index contributed by atoms with van der Waals surface area (Å²) in [4.78, 5) is 29.8.